The normalized spacial score (nSPS) is 10.9. The van der Waals surface area contributed by atoms with Crippen molar-refractivity contribution < 1.29 is 4.42 Å². The van der Waals surface area contributed by atoms with Gasteiger partial charge < -0.3 is 10.3 Å². The molecule has 2 N–H and O–H groups in total. The minimum absolute atomic E-state index is 0.278. The number of furan rings is 1. The van der Waals surface area contributed by atoms with E-state index in [2.05, 4.69) is 4.98 Å². The molecule has 0 aliphatic carbocycles. The molecular formula is C8H9N3O2. The molecule has 13 heavy (non-hydrogen) atoms. The number of nitrogens with two attached hydrogens (primary N) is 1. The summed E-state index contributed by atoms with van der Waals surface area (Å²) in [5.74, 6) is 6.55. The van der Waals surface area contributed by atoms with E-state index in [1.807, 2.05) is 0 Å². The van der Waals surface area contributed by atoms with Gasteiger partial charge >= 0.3 is 0 Å². The van der Waals surface area contributed by atoms with Crippen LogP contribution in [-0.4, -0.2) is 9.66 Å². The Morgan fingerprint density at radius 3 is 2.92 bits per heavy atom. The van der Waals surface area contributed by atoms with Crippen molar-refractivity contribution in [1.82, 2.24) is 9.66 Å². The minimum Gasteiger partial charge on any atom is -0.443 e. The number of fused-ring (bicyclic) bond motifs is 1. The molecule has 2 rings (SSSR count). The van der Waals surface area contributed by atoms with Gasteiger partial charge in [-0.1, -0.05) is 0 Å². The van der Waals surface area contributed by atoms with E-state index in [0.717, 1.165) is 4.68 Å². The Morgan fingerprint density at radius 1 is 1.54 bits per heavy atom. The molecule has 0 aromatic carbocycles. The summed E-state index contributed by atoms with van der Waals surface area (Å²) in [6.45, 7) is 3.41. The average Bonchev–Trinajstić information content (AvgIpc) is 2.42. The molecule has 0 fully saturated rings. The summed E-state index contributed by atoms with van der Waals surface area (Å²) >= 11 is 0. The number of hydrogen-bond acceptors (Lipinski definition) is 4. The van der Waals surface area contributed by atoms with Crippen LogP contribution in [0.1, 0.15) is 11.6 Å². The van der Waals surface area contributed by atoms with Crippen LogP contribution in [0.5, 0.6) is 0 Å². The smallest absolute Gasteiger partial charge is 0.283 e. The molecule has 0 atom stereocenters. The van der Waals surface area contributed by atoms with E-state index in [4.69, 9.17) is 10.3 Å². The van der Waals surface area contributed by atoms with Crippen molar-refractivity contribution in [3.05, 3.63) is 28.0 Å². The first kappa shape index (κ1) is 7.85. The Hall–Kier alpha value is -1.78. The highest BCUT2D eigenvalue weighted by Crippen LogP contribution is 2.12. The van der Waals surface area contributed by atoms with Gasteiger partial charge in [-0.25, -0.2) is 4.68 Å². The van der Waals surface area contributed by atoms with E-state index in [-0.39, 0.29) is 5.56 Å². The Morgan fingerprint density at radius 2 is 2.23 bits per heavy atom. The predicted octanol–water partition coefficient (Wildman–Crippen LogP) is 0.320. The van der Waals surface area contributed by atoms with Crippen molar-refractivity contribution >= 4 is 11.1 Å². The molecule has 0 saturated carbocycles. The SMILES string of the molecule is Cc1cc2c(=O)n(N)c(C)nc2o1. The lowest BCUT2D eigenvalue weighted by Crippen LogP contribution is -2.29. The van der Waals surface area contributed by atoms with Crippen LogP contribution in [0.2, 0.25) is 0 Å². The Kier molecular flexibility index (Phi) is 1.42. The largest absolute Gasteiger partial charge is 0.443 e. The van der Waals surface area contributed by atoms with E-state index in [1.54, 1.807) is 19.9 Å². The zero-order chi connectivity index (χ0) is 9.59. The molecular weight excluding hydrogens is 170 g/mol. The second-order valence-corrected chi connectivity index (χ2v) is 2.91. The van der Waals surface area contributed by atoms with E-state index in [9.17, 15) is 4.79 Å². The van der Waals surface area contributed by atoms with Crippen LogP contribution in [-0.2, 0) is 0 Å². The maximum Gasteiger partial charge on any atom is 0.283 e. The van der Waals surface area contributed by atoms with Crippen LogP contribution in [0.25, 0.3) is 11.1 Å². The van der Waals surface area contributed by atoms with Crippen LogP contribution in [0.15, 0.2) is 15.3 Å². The van der Waals surface area contributed by atoms with Gasteiger partial charge in [0.25, 0.3) is 5.56 Å². The third kappa shape index (κ3) is 1.00. The van der Waals surface area contributed by atoms with Gasteiger partial charge in [0, 0.05) is 0 Å². The number of aromatic nitrogens is 2. The molecule has 0 unspecified atom stereocenters. The second-order valence-electron chi connectivity index (χ2n) is 2.91. The molecule has 2 aromatic heterocycles. The molecule has 5 nitrogen and oxygen atoms in total. The second kappa shape index (κ2) is 2.35. The van der Waals surface area contributed by atoms with Crippen molar-refractivity contribution in [3.63, 3.8) is 0 Å². The van der Waals surface area contributed by atoms with Gasteiger partial charge in [0.2, 0.25) is 5.71 Å². The zero-order valence-electron chi connectivity index (χ0n) is 7.37. The van der Waals surface area contributed by atoms with Crippen molar-refractivity contribution in [2.24, 2.45) is 0 Å². The highest BCUT2D eigenvalue weighted by molar-refractivity contribution is 5.72. The highest BCUT2D eigenvalue weighted by atomic mass is 16.3. The Bertz CT molecular complexity index is 524. The molecule has 68 valence electrons. The maximum absolute atomic E-state index is 11.5. The first-order valence-electron chi connectivity index (χ1n) is 3.84. The molecule has 0 bridgehead atoms. The molecule has 0 aliphatic rings. The lowest BCUT2D eigenvalue weighted by Gasteiger charge is -1.99. The fourth-order valence-electron chi connectivity index (χ4n) is 1.22. The number of aryl methyl sites for hydroxylation is 2. The summed E-state index contributed by atoms with van der Waals surface area (Å²) in [6, 6.07) is 1.63. The number of rotatable bonds is 0. The van der Waals surface area contributed by atoms with Gasteiger partial charge in [0.1, 0.15) is 17.0 Å². The lowest BCUT2D eigenvalue weighted by atomic mass is 10.4. The monoisotopic (exact) mass is 179 g/mol. The Balaban J connectivity index is 3.01. The van der Waals surface area contributed by atoms with Crippen LogP contribution >= 0.6 is 0 Å². The molecule has 5 heteroatoms. The van der Waals surface area contributed by atoms with Crippen LogP contribution in [0, 0.1) is 13.8 Å². The van der Waals surface area contributed by atoms with Crippen molar-refractivity contribution in [1.29, 1.82) is 0 Å². The molecule has 0 radical (unpaired) electrons. The van der Waals surface area contributed by atoms with Gasteiger partial charge in [-0.05, 0) is 19.9 Å². The number of nitrogens with zero attached hydrogens (tertiary/aromatic N) is 2. The highest BCUT2D eigenvalue weighted by Gasteiger charge is 2.09. The van der Waals surface area contributed by atoms with Crippen LogP contribution in [0.3, 0.4) is 0 Å². The number of nitrogen functional groups attached to an aromatic ring is 1. The van der Waals surface area contributed by atoms with E-state index >= 15 is 0 Å². The minimum atomic E-state index is -0.278. The standard InChI is InChI=1S/C8H9N3O2/c1-4-3-6-7(13-4)10-5(2)11(9)8(6)12/h3H,9H2,1-2H3. The fourth-order valence-corrected chi connectivity index (χ4v) is 1.22. The maximum atomic E-state index is 11.5. The third-order valence-electron chi connectivity index (χ3n) is 1.90. The Labute approximate surface area is 73.8 Å². The topological polar surface area (TPSA) is 74.0 Å². The predicted molar refractivity (Wildman–Crippen MR) is 47.9 cm³/mol. The van der Waals surface area contributed by atoms with Gasteiger partial charge in [0.05, 0.1) is 0 Å². The first-order chi connectivity index (χ1) is 6.09. The number of hydrogen-bond donors (Lipinski definition) is 1. The molecule has 0 spiro atoms. The fraction of sp³-hybridized carbons (Fsp3) is 0.250. The molecule has 0 amide bonds. The molecule has 2 heterocycles. The van der Waals surface area contributed by atoms with E-state index in [1.165, 1.54) is 0 Å². The lowest BCUT2D eigenvalue weighted by molar-refractivity contribution is 0.564. The summed E-state index contributed by atoms with van der Waals surface area (Å²) in [6.07, 6.45) is 0. The van der Waals surface area contributed by atoms with E-state index < -0.39 is 0 Å². The van der Waals surface area contributed by atoms with Crippen LogP contribution < -0.4 is 11.4 Å². The first-order valence-corrected chi connectivity index (χ1v) is 3.84. The average molecular weight is 179 g/mol. The third-order valence-corrected chi connectivity index (χ3v) is 1.90. The van der Waals surface area contributed by atoms with Gasteiger partial charge in [-0.15, -0.1) is 0 Å². The van der Waals surface area contributed by atoms with Gasteiger partial charge in [0.15, 0.2) is 0 Å². The van der Waals surface area contributed by atoms with Crippen molar-refractivity contribution in [2.45, 2.75) is 13.8 Å². The summed E-state index contributed by atoms with van der Waals surface area (Å²) in [5, 5.41) is 0.422. The summed E-state index contributed by atoms with van der Waals surface area (Å²) < 4.78 is 6.22. The molecule has 0 aliphatic heterocycles. The van der Waals surface area contributed by atoms with Gasteiger partial charge in [-0.3, -0.25) is 4.79 Å². The van der Waals surface area contributed by atoms with Gasteiger partial charge in [-0.2, -0.15) is 4.98 Å². The summed E-state index contributed by atoms with van der Waals surface area (Å²) in [7, 11) is 0. The summed E-state index contributed by atoms with van der Waals surface area (Å²) in [5.41, 5.74) is 0.0704. The quantitative estimate of drug-likeness (QED) is 0.591. The van der Waals surface area contributed by atoms with Crippen LogP contribution in [0.4, 0.5) is 0 Å². The summed E-state index contributed by atoms with van der Waals surface area (Å²) in [4.78, 5) is 15.5. The van der Waals surface area contributed by atoms with Crippen molar-refractivity contribution in [2.75, 3.05) is 5.84 Å². The zero-order valence-corrected chi connectivity index (χ0v) is 7.37. The van der Waals surface area contributed by atoms with E-state index in [0.29, 0.717) is 22.7 Å². The van der Waals surface area contributed by atoms with Crippen molar-refractivity contribution in [3.8, 4) is 0 Å². The molecule has 0 saturated heterocycles. The molecule has 2 aromatic rings.